The fraction of sp³-hybridized carbons (Fsp3) is 0.391. The van der Waals surface area contributed by atoms with Crippen molar-refractivity contribution in [1.82, 2.24) is 0 Å². The smallest absolute Gasteiger partial charge is 0.338 e. The van der Waals surface area contributed by atoms with E-state index in [0.717, 1.165) is 0 Å². The van der Waals surface area contributed by atoms with Gasteiger partial charge < -0.3 is 29.2 Å². The average Bonchev–Trinajstić information content (AvgIpc) is 3.10. The van der Waals surface area contributed by atoms with Crippen molar-refractivity contribution in [3.05, 3.63) is 71.8 Å². The van der Waals surface area contributed by atoms with E-state index in [1.807, 2.05) is 0 Å². The van der Waals surface area contributed by atoms with Gasteiger partial charge in [-0.05, 0) is 38.1 Å². The topological polar surface area (TPSA) is 112 Å². The Morgan fingerprint density at radius 1 is 0.742 bits per heavy atom. The summed E-state index contributed by atoms with van der Waals surface area (Å²) < 4.78 is 22.8. The van der Waals surface area contributed by atoms with Crippen molar-refractivity contribution in [2.24, 2.45) is 0 Å². The van der Waals surface area contributed by atoms with Gasteiger partial charge in [-0.2, -0.15) is 0 Å². The van der Waals surface area contributed by atoms with Crippen molar-refractivity contribution in [3.63, 3.8) is 0 Å². The van der Waals surface area contributed by atoms with Crippen molar-refractivity contribution in [2.75, 3.05) is 0 Å². The van der Waals surface area contributed by atoms with Crippen LogP contribution in [0.15, 0.2) is 60.7 Å². The van der Waals surface area contributed by atoms with Crippen LogP contribution in [0.5, 0.6) is 0 Å². The van der Waals surface area contributed by atoms with Crippen LogP contribution in [-0.4, -0.2) is 64.6 Å². The van der Waals surface area contributed by atoms with E-state index in [4.69, 9.17) is 18.9 Å². The van der Waals surface area contributed by atoms with Crippen LogP contribution in [0.2, 0.25) is 0 Å². The van der Waals surface area contributed by atoms with Crippen LogP contribution in [-0.2, 0) is 18.9 Å². The van der Waals surface area contributed by atoms with Crippen molar-refractivity contribution < 1.29 is 38.7 Å². The van der Waals surface area contributed by atoms with E-state index in [0.29, 0.717) is 0 Å². The number of carbonyl (C=O) groups is 2. The molecule has 8 heteroatoms. The van der Waals surface area contributed by atoms with E-state index >= 15 is 0 Å². The highest BCUT2D eigenvalue weighted by molar-refractivity contribution is 5.90. The van der Waals surface area contributed by atoms with Gasteiger partial charge in [-0.15, -0.1) is 0 Å². The number of hydrogen-bond acceptors (Lipinski definition) is 8. The largest absolute Gasteiger partial charge is 0.452 e. The molecular formula is C23H24O8. The Hall–Kier alpha value is -2.78. The zero-order chi connectivity index (χ0) is 22.2. The second-order valence-electron chi connectivity index (χ2n) is 8.02. The summed E-state index contributed by atoms with van der Waals surface area (Å²) in [7, 11) is 0. The molecule has 164 valence electrons. The van der Waals surface area contributed by atoms with Crippen LogP contribution in [0.25, 0.3) is 0 Å². The molecule has 6 atom stereocenters. The summed E-state index contributed by atoms with van der Waals surface area (Å²) in [5.41, 5.74) is 0.536. The maximum Gasteiger partial charge on any atom is 0.338 e. The number of fused-ring (bicyclic) bond motifs is 1. The third-order valence-electron chi connectivity index (χ3n) is 5.34. The number of aliphatic hydroxyl groups excluding tert-OH is 2. The van der Waals surface area contributed by atoms with Crippen molar-refractivity contribution in [2.45, 2.75) is 56.3 Å². The van der Waals surface area contributed by atoms with E-state index in [9.17, 15) is 19.8 Å². The fourth-order valence-corrected chi connectivity index (χ4v) is 3.91. The van der Waals surface area contributed by atoms with Crippen molar-refractivity contribution >= 4 is 11.9 Å². The molecule has 8 nitrogen and oxygen atoms in total. The van der Waals surface area contributed by atoms with Crippen molar-refractivity contribution in [3.8, 4) is 0 Å². The first-order valence-electron chi connectivity index (χ1n) is 10.0. The molecule has 0 aromatic heterocycles. The Balaban J connectivity index is 1.64. The molecule has 0 spiro atoms. The van der Waals surface area contributed by atoms with Crippen LogP contribution in [0.1, 0.15) is 34.6 Å². The monoisotopic (exact) mass is 428 g/mol. The van der Waals surface area contributed by atoms with E-state index in [2.05, 4.69) is 0 Å². The van der Waals surface area contributed by atoms with Crippen LogP contribution in [0, 0.1) is 0 Å². The lowest BCUT2D eigenvalue weighted by Crippen LogP contribution is -2.64. The minimum Gasteiger partial charge on any atom is -0.452 e. The average molecular weight is 428 g/mol. The first kappa shape index (κ1) is 21.5. The molecule has 1 saturated heterocycles. The number of benzene rings is 2. The summed E-state index contributed by atoms with van der Waals surface area (Å²) in [6.45, 7) is 3.29. The third kappa shape index (κ3) is 4.33. The summed E-state index contributed by atoms with van der Waals surface area (Å²) >= 11 is 0. The molecular weight excluding hydrogens is 404 g/mol. The van der Waals surface area contributed by atoms with Crippen molar-refractivity contribution in [1.29, 1.82) is 0 Å². The molecule has 1 saturated carbocycles. The lowest BCUT2D eigenvalue weighted by molar-refractivity contribution is -0.193. The molecule has 1 heterocycles. The molecule has 2 fully saturated rings. The molecule has 0 radical (unpaired) electrons. The molecule has 0 bridgehead atoms. The van der Waals surface area contributed by atoms with Gasteiger partial charge in [0, 0.05) is 0 Å². The van der Waals surface area contributed by atoms with Gasteiger partial charge in [-0.1, -0.05) is 36.4 Å². The Morgan fingerprint density at radius 2 is 1.19 bits per heavy atom. The minimum absolute atomic E-state index is 0.253. The van der Waals surface area contributed by atoms with Gasteiger partial charge in [0.2, 0.25) is 0 Å². The second-order valence-corrected chi connectivity index (χ2v) is 8.02. The third-order valence-corrected chi connectivity index (χ3v) is 5.34. The SMILES string of the molecule is CC1(C)O[C@@H]2[C@@H](OC(=O)c3ccccc3)[C@H](OC(=O)c3ccccc3)[C@@H](O)[C@H](O)[C@@H]2O1. The number of carbonyl (C=O) groups excluding carboxylic acids is 2. The molecule has 2 aromatic carbocycles. The number of ether oxygens (including phenoxy) is 4. The number of esters is 2. The maximum absolute atomic E-state index is 12.7. The normalized spacial score (nSPS) is 31.5. The summed E-state index contributed by atoms with van der Waals surface area (Å²) in [4.78, 5) is 25.4. The van der Waals surface area contributed by atoms with Crippen LogP contribution in [0.3, 0.4) is 0 Å². The highest BCUT2D eigenvalue weighted by Crippen LogP contribution is 2.40. The summed E-state index contributed by atoms with van der Waals surface area (Å²) in [6.07, 6.45) is -7.45. The molecule has 0 amide bonds. The second kappa shape index (κ2) is 8.39. The lowest BCUT2D eigenvalue weighted by Gasteiger charge is -2.42. The number of rotatable bonds is 4. The number of aliphatic hydroxyl groups is 2. The molecule has 4 rings (SSSR count). The standard InChI is InChI=1S/C23H24O8/c1-23(2)30-18-16(25)15(24)17(28-21(26)13-9-5-3-6-10-13)19(20(18)31-23)29-22(27)14-11-7-4-8-12-14/h3-12,15-20,24-25H,1-2H3/t15-,16-,17+,18-,19-,20-/m0/s1. The fourth-order valence-electron chi connectivity index (χ4n) is 3.91. The molecule has 1 aliphatic heterocycles. The highest BCUT2D eigenvalue weighted by atomic mass is 16.8. The predicted octanol–water partition coefficient (Wildman–Crippen LogP) is 1.69. The Kier molecular flexibility index (Phi) is 5.81. The zero-order valence-corrected chi connectivity index (χ0v) is 17.1. The Bertz CT molecular complexity index is 929. The molecule has 2 aliphatic rings. The van der Waals surface area contributed by atoms with Crippen LogP contribution in [0.4, 0.5) is 0 Å². The van der Waals surface area contributed by atoms with Gasteiger partial charge in [-0.3, -0.25) is 0 Å². The Labute approximate surface area is 179 Å². The van der Waals surface area contributed by atoms with E-state index in [-0.39, 0.29) is 11.1 Å². The van der Waals surface area contributed by atoms with Gasteiger partial charge >= 0.3 is 11.9 Å². The van der Waals surface area contributed by atoms with Gasteiger partial charge in [-0.25, -0.2) is 9.59 Å². The van der Waals surface area contributed by atoms with Crippen LogP contribution >= 0.6 is 0 Å². The molecule has 0 unspecified atom stereocenters. The van der Waals surface area contributed by atoms with E-state index < -0.39 is 54.3 Å². The van der Waals surface area contributed by atoms with Crippen LogP contribution < -0.4 is 0 Å². The zero-order valence-electron chi connectivity index (χ0n) is 17.1. The van der Waals surface area contributed by atoms with E-state index in [1.165, 1.54) is 0 Å². The minimum atomic E-state index is -1.56. The summed E-state index contributed by atoms with van der Waals surface area (Å²) in [5, 5.41) is 21.4. The summed E-state index contributed by atoms with van der Waals surface area (Å²) in [5.74, 6) is -2.50. The molecule has 2 aromatic rings. The Morgan fingerprint density at radius 3 is 1.71 bits per heavy atom. The first-order chi connectivity index (χ1) is 14.8. The molecule has 2 N–H and O–H groups in total. The lowest BCUT2D eigenvalue weighted by atomic mass is 9.84. The van der Waals surface area contributed by atoms with Gasteiger partial charge in [0.25, 0.3) is 0 Å². The summed E-state index contributed by atoms with van der Waals surface area (Å²) in [6, 6.07) is 16.5. The molecule has 31 heavy (non-hydrogen) atoms. The van der Waals surface area contributed by atoms with E-state index in [1.54, 1.807) is 74.5 Å². The quantitative estimate of drug-likeness (QED) is 0.708. The van der Waals surface area contributed by atoms with Gasteiger partial charge in [0.15, 0.2) is 18.0 Å². The highest BCUT2D eigenvalue weighted by Gasteiger charge is 2.60. The van der Waals surface area contributed by atoms with Gasteiger partial charge in [0.1, 0.15) is 24.4 Å². The maximum atomic E-state index is 12.7. The predicted molar refractivity (Wildman–Crippen MR) is 107 cm³/mol. The number of hydrogen-bond donors (Lipinski definition) is 2. The van der Waals surface area contributed by atoms with Gasteiger partial charge in [0.05, 0.1) is 11.1 Å². The molecule has 1 aliphatic carbocycles. The first-order valence-corrected chi connectivity index (χ1v) is 10.0.